The molecule has 0 bridgehead atoms. The summed E-state index contributed by atoms with van der Waals surface area (Å²) >= 11 is 0. The summed E-state index contributed by atoms with van der Waals surface area (Å²) in [4.78, 5) is 11.6. The summed E-state index contributed by atoms with van der Waals surface area (Å²) in [5, 5.41) is 21.1. The lowest BCUT2D eigenvalue weighted by Crippen LogP contribution is -2.01. The number of aromatic hydroxyl groups is 1. The summed E-state index contributed by atoms with van der Waals surface area (Å²) in [7, 11) is 0. The Morgan fingerprint density at radius 1 is 0.864 bits per heavy atom. The molecule has 0 aromatic heterocycles. The van der Waals surface area contributed by atoms with E-state index >= 15 is 0 Å². The summed E-state index contributed by atoms with van der Waals surface area (Å²) in [5.74, 6) is -1.06. The number of phenols is 1. The van der Waals surface area contributed by atoms with Gasteiger partial charge in [0.05, 0.1) is 5.56 Å². The molecule has 0 aliphatic rings. The van der Waals surface area contributed by atoms with Gasteiger partial charge in [0.2, 0.25) is 0 Å². The number of aromatic carboxylic acids is 1. The maximum absolute atomic E-state index is 11.6. The number of carboxylic acids is 1. The molecular formula is C19H16O3. The Labute approximate surface area is 128 Å². The topological polar surface area (TPSA) is 57.5 Å². The van der Waals surface area contributed by atoms with Crippen molar-refractivity contribution in [3.8, 4) is 16.9 Å². The van der Waals surface area contributed by atoms with Crippen LogP contribution in [0.25, 0.3) is 21.9 Å². The number of carbonyl (C=O) groups is 1. The molecule has 0 aliphatic heterocycles. The summed E-state index contributed by atoms with van der Waals surface area (Å²) in [6.45, 7) is 3.93. The number of carboxylic acid groups (broad SMARTS) is 1. The molecule has 22 heavy (non-hydrogen) atoms. The fourth-order valence-corrected chi connectivity index (χ4v) is 2.72. The van der Waals surface area contributed by atoms with Crippen LogP contribution >= 0.6 is 0 Å². The smallest absolute Gasteiger partial charge is 0.336 e. The number of phenolic OH excluding ortho intramolecular Hbond substituents is 1. The van der Waals surface area contributed by atoms with Gasteiger partial charge >= 0.3 is 5.97 Å². The number of benzene rings is 3. The first-order valence-corrected chi connectivity index (χ1v) is 7.04. The lowest BCUT2D eigenvalue weighted by Gasteiger charge is -2.13. The highest BCUT2D eigenvalue weighted by molar-refractivity contribution is 6.09. The van der Waals surface area contributed by atoms with E-state index in [1.54, 1.807) is 0 Å². The summed E-state index contributed by atoms with van der Waals surface area (Å²) in [6, 6.07) is 14.7. The van der Waals surface area contributed by atoms with Crippen molar-refractivity contribution in [1.29, 1.82) is 0 Å². The average Bonchev–Trinajstić information content (AvgIpc) is 2.48. The van der Waals surface area contributed by atoms with E-state index in [-0.39, 0.29) is 11.3 Å². The third-order valence-electron chi connectivity index (χ3n) is 3.84. The fourth-order valence-electron chi connectivity index (χ4n) is 2.72. The van der Waals surface area contributed by atoms with Gasteiger partial charge in [-0.3, -0.25) is 0 Å². The Bertz CT molecular complexity index is 877. The highest BCUT2D eigenvalue weighted by Gasteiger charge is 2.18. The molecule has 0 amide bonds. The first-order chi connectivity index (χ1) is 10.5. The van der Waals surface area contributed by atoms with Crippen LogP contribution in [0.3, 0.4) is 0 Å². The van der Waals surface area contributed by atoms with Crippen LogP contribution in [0.15, 0.2) is 48.5 Å². The van der Waals surface area contributed by atoms with Gasteiger partial charge in [0, 0.05) is 10.9 Å². The molecule has 0 radical (unpaired) electrons. The zero-order chi connectivity index (χ0) is 15.9. The highest BCUT2D eigenvalue weighted by atomic mass is 16.4. The molecule has 110 valence electrons. The molecule has 2 N–H and O–H groups in total. The van der Waals surface area contributed by atoms with Gasteiger partial charge in [-0.15, -0.1) is 0 Å². The van der Waals surface area contributed by atoms with Gasteiger partial charge in [0.15, 0.2) is 0 Å². The number of fused-ring (bicyclic) bond motifs is 1. The van der Waals surface area contributed by atoms with E-state index in [0.717, 1.165) is 22.1 Å². The Morgan fingerprint density at radius 2 is 1.50 bits per heavy atom. The first kappa shape index (κ1) is 14.1. The largest absolute Gasteiger partial charge is 0.507 e. The van der Waals surface area contributed by atoms with Gasteiger partial charge in [0.1, 0.15) is 5.75 Å². The zero-order valence-corrected chi connectivity index (χ0v) is 12.4. The van der Waals surface area contributed by atoms with Crippen LogP contribution in [0.4, 0.5) is 0 Å². The minimum absolute atomic E-state index is 0.00744. The maximum atomic E-state index is 11.6. The van der Waals surface area contributed by atoms with E-state index in [9.17, 15) is 15.0 Å². The van der Waals surface area contributed by atoms with E-state index in [0.29, 0.717) is 10.9 Å². The molecule has 0 spiro atoms. The lowest BCUT2D eigenvalue weighted by molar-refractivity contribution is 0.0697. The van der Waals surface area contributed by atoms with Gasteiger partial charge in [-0.25, -0.2) is 4.79 Å². The van der Waals surface area contributed by atoms with Crippen molar-refractivity contribution in [2.75, 3.05) is 0 Å². The molecule has 0 fully saturated rings. The molecule has 3 heteroatoms. The van der Waals surface area contributed by atoms with Gasteiger partial charge in [0.25, 0.3) is 0 Å². The molecule has 0 atom stereocenters. The normalized spacial score (nSPS) is 10.8. The van der Waals surface area contributed by atoms with Gasteiger partial charge in [-0.05, 0) is 36.9 Å². The number of hydrogen-bond donors (Lipinski definition) is 2. The number of aryl methyl sites for hydroxylation is 2. The van der Waals surface area contributed by atoms with Crippen LogP contribution in [-0.2, 0) is 0 Å². The summed E-state index contributed by atoms with van der Waals surface area (Å²) in [6.07, 6.45) is 0. The quantitative estimate of drug-likeness (QED) is 0.729. The zero-order valence-electron chi connectivity index (χ0n) is 12.4. The van der Waals surface area contributed by atoms with Crippen molar-refractivity contribution in [3.63, 3.8) is 0 Å². The molecule has 3 aromatic carbocycles. The first-order valence-electron chi connectivity index (χ1n) is 7.04. The Hall–Kier alpha value is -2.81. The van der Waals surface area contributed by atoms with Crippen molar-refractivity contribution < 1.29 is 15.0 Å². The Kier molecular flexibility index (Phi) is 3.33. The molecule has 0 saturated heterocycles. The molecule has 3 nitrogen and oxygen atoms in total. The van der Waals surface area contributed by atoms with E-state index in [2.05, 4.69) is 0 Å². The molecule has 0 heterocycles. The molecule has 0 saturated carbocycles. The van der Waals surface area contributed by atoms with Gasteiger partial charge in [-0.2, -0.15) is 0 Å². The number of hydrogen-bond acceptors (Lipinski definition) is 2. The molecular weight excluding hydrogens is 276 g/mol. The Balaban J connectivity index is 2.44. The molecule has 3 aromatic rings. The number of rotatable bonds is 2. The van der Waals surface area contributed by atoms with Gasteiger partial charge < -0.3 is 10.2 Å². The molecule has 0 unspecified atom stereocenters. The fraction of sp³-hybridized carbons (Fsp3) is 0.105. The standard InChI is InChI=1S/C19H16O3/c1-11-3-6-13(7-4-11)18-14-8-5-12(2)9-15(14)17(20)10-16(18)19(21)22/h3-10,20H,1-2H3,(H,21,22). The average molecular weight is 292 g/mol. The van der Waals surface area contributed by atoms with Crippen molar-refractivity contribution in [1.82, 2.24) is 0 Å². The van der Waals surface area contributed by atoms with Crippen molar-refractivity contribution in [2.45, 2.75) is 13.8 Å². The minimum atomic E-state index is -1.05. The van der Waals surface area contributed by atoms with Crippen LogP contribution < -0.4 is 0 Å². The predicted octanol–water partition coefficient (Wildman–Crippen LogP) is 4.53. The van der Waals surface area contributed by atoms with E-state index in [4.69, 9.17) is 0 Å². The van der Waals surface area contributed by atoms with Crippen LogP contribution in [0, 0.1) is 13.8 Å². The monoisotopic (exact) mass is 292 g/mol. The summed E-state index contributed by atoms with van der Waals surface area (Å²) < 4.78 is 0. The lowest BCUT2D eigenvalue weighted by atomic mass is 9.91. The van der Waals surface area contributed by atoms with Crippen molar-refractivity contribution in [3.05, 3.63) is 65.2 Å². The predicted molar refractivity (Wildman–Crippen MR) is 87.5 cm³/mol. The third kappa shape index (κ3) is 2.31. The SMILES string of the molecule is Cc1ccc(-c2c(C(=O)O)cc(O)c3cc(C)ccc23)cc1. The van der Waals surface area contributed by atoms with Crippen LogP contribution in [0.2, 0.25) is 0 Å². The van der Waals surface area contributed by atoms with E-state index in [1.807, 2.05) is 56.3 Å². The summed E-state index contributed by atoms with van der Waals surface area (Å²) in [5.41, 5.74) is 3.70. The van der Waals surface area contributed by atoms with Crippen LogP contribution in [0.1, 0.15) is 21.5 Å². The third-order valence-corrected chi connectivity index (χ3v) is 3.84. The second-order valence-electron chi connectivity index (χ2n) is 5.54. The second-order valence-corrected chi connectivity index (χ2v) is 5.54. The van der Waals surface area contributed by atoms with E-state index in [1.165, 1.54) is 6.07 Å². The maximum Gasteiger partial charge on any atom is 0.336 e. The highest BCUT2D eigenvalue weighted by Crippen LogP contribution is 2.37. The van der Waals surface area contributed by atoms with Crippen LogP contribution in [-0.4, -0.2) is 16.2 Å². The second kappa shape index (κ2) is 5.19. The van der Waals surface area contributed by atoms with E-state index < -0.39 is 5.97 Å². The van der Waals surface area contributed by atoms with Crippen LogP contribution in [0.5, 0.6) is 5.75 Å². The Morgan fingerprint density at radius 3 is 2.14 bits per heavy atom. The molecule has 3 rings (SSSR count). The van der Waals surface area contributed by atoms with Crippen molar-refractivity contribution >= 4 is 16.7 Å². The van der Waals surface area contributed by atoms with Crippen molar-refractivity contribution in [2.24, 2.45) is 0 Å². The van der Waals surface area contributed by atoms with Gasteiger partial charge in [-0.1, -0.05) is 47.5 Å². The minimum Gasteiger partial charge on any atom is -0.507 e. The molecule has 0 aliphatic carbocycles.